The number of ether oxygens (including phenoxy) is 5. The van der Waals surface area contributed by atoms with Crippen LogP contribution < -0.4 is 0 Å². The van der Waals surface area contributed by atoms with Crippen LogP contribution in [0, 0.1) is 0 Å². The predicted molar refractivity (Wildman–Crippen MR) is 177 cm³/mol. The lowest BCUT2D eigenvalue weighted by molar-refractivity contribution is -0.140. The van der Waals surface area contributed by atoms with Crippen LogP contribution in [0.25, 0.3) is 0 Å². The van der Waals surface area contributed by atoms with E-state index in [1.165, 1.54) is 31.4 Å². The van der Waals surface area contributed by atoms with E-state index in [4.69, 9.17) is 23.7 Å². The minimum absolute atomic E-state index is 0.136. The molecule has 2 aliphatic heterocycles. The molecule has 13 nitrogen and oxygen atoms in total. The highest BCUT2D eigenvalue weighted by Gasteiger charge is 2.21. The summed E-state index contributed by atoms with van der Waals surface area (Å²) in [4.78, 5) is 56.9. The number of likely N-dealkylation sites (tertiary alicyclic amines) is 2. The third-order valence-electron chi connectivity index (χ3n) is 7.76. The van der Waals surface area contributed by atoms with Gasteiger partial charge in [-0.15, -0.1) is 0 Å². The van der Waals surface area contributed by atoms with E-state index in [0.717, 1.165) is 58.3 Å². The van der Waals surface area contributed by atoms with Crippen LogP contribution in [0.15, 0.2) is 49.1 Å². The number of methoxy groups -OCH3 is 1. The molecule has 0 aromatic rings. The second-order valence-electron chi connectivity index (χ2n) is 11.6. The SMILES string of the molecule is CCCOC(=O)/C=C/N(/C=C/C(=O)OCCCCOC(=O)/C=C/N(/C=C/C(=O)OCCOC)C1CCN(C)CC1)C1CCN(C)CC1. The highest BCUT2D eigenvalue weighted by molar-refractivity contribution is 5.83. The molecule has 0 N–H and O–H groups in total. The third kappa shape index (κ3) is 17.7. The van der Waals surface area contributed by atoms with Gasteiger partial charge in [0.1, 0.15) is 6.61 Å². The number of carbonyl (C=O) groups is 4. The molecule has 2 heterocycles. The maximum atomic E-state index is 12.4. The van der Waals surface area contributed by atoms with Crippen LogP contribution >= 0.6 is 0 Å². The zero-order valence-electron chi connectivity index (χ0n) is 28.6. The average Bonchev–Trinajstić information content (AvgIpc) is 3.06. The molecule has 0 amide bonds. The molecule has 0 aliphatic carbocycles. The summed E-state index contributed by atoms with van der Waals surface area (Å²) in [5.41, 5.74) is 0. The number of hydrogen-bond donors (Lipinski definition) is 0. The minimum Gasteiger partial charge on any atom is -0.463 e. The van der Waals surface area contributed by atoms with Crippen molar-refractivity contribution in [3.8, 4) is 0 Å². The fraction of sp³-hybridized carbons (Fsp3) is 0.647. The van der Waals surface area contributed by atoms with Crippen molar-refractivity contribution >= 4 is 23.9 Å². The van der Waals surface area contributed by atoms with Crippen LogP contribution in [-0.2, 0) is 42.9 Å². The minimum atomic E-state index is -0.500. The van der Waals surface area contributed by atoms with Crippen LogP contribution in [0.1, 0.15) is 51.9 Å². The molecule has 13 heteroatoms. The quantitative estimate of drug-likeness (QED) is 0.0822. The normalized spacial score (nSPS) is 17.1. The second-order valence-corrected chi connectivity index (χ2v) is 11.6. The number of piperidine rings is 2. The average molecular weight is 663 g/mol. The summed E-state index contributed by atoms with van der Waals surface area (Å²) in [6.07, 6.45) is 17.3. The smallest absolute Gasteiger partial charge is 0.332 e. The van der Waals surface area contributed by atoms with Crippen LogP contribution in [0.3, 0.4) is 0 Å². The summed E-state index contributed by atoms with van der Waals surface area (Å²) in [5.74, 6) is -1.89. The van der Waals surface area contributed by atoms with Gasteiger partial charge in [0, 0.05) is 68.3 Å². The van der Waals surface area contributed by atoms with Crippen LogP contribution in [0.2, 0.25) is 0 Å². The molecule has 2 rings (SSSR count). The van der Waals surface area contributed by atoms with Crippen molar-refractivity contribution in [2.24, 2.45) is 0 Å². The maximum Gasteiger partial charge on any atom is 0.332 e. The van der Waals surface area contributed by atoms with Crippen molar-refractivity contribution in [1.82, 2.24) is 19.6 Å². The van der Waals surface area contributed by atoms with Crippen molar-refractivity contribution in [3.63, 3.8) is 0 Å². The Morgan fingerprint density at radius 3 is 1.26 bits per heavy atom. The molecule has 0 radical (unpaired) electrons. The van der Waals surface area contributed by atoms with Gasteiger partial charge in [-0.2, -0.15) is 0 Å². The molecule has 0 saturated carbocycles. The number of carbonyl (C=O) groups excluding carboxylic acids is 4. The Hall–Kier alpha value is -3.68. The summed E-state index contributed by atoms with van der Waals surface area (Å²) < 4.78 is 25.7. The lowest BCUT2D eigenvalue weighted by Crippen LogP contribution is -2.39. The first-order valence-corrected chi connectivity index (χ1v) is 16.5. The van der Waals surface area contributed by atoms with Gasteiger partial charge in [-0.1, -0.05) is 6.92 Å². The van der Waals surface area contributed by atoms with E-state index in [0.29, 0.717) is 26.1 Å². The molecule has 0 aromatic heterocycles. The molecule has 47 heavy (non-hydrogen) atoms. The van der Waals surface area contributed by atoms with Crippen molar-refractivity contribution in [2.75, 3.05) is 80.4 Å². The van der Waals surface area contributed by atoms with Gasteiger partial charge in [-0.25, -0.2) is 19.2 Å². The Labute approximate surface area is 279 Å². The highest BCUT2D eigenvalue weighted by Crippen LogP contribution is 2.18. The molecule has 0 unspecified atom stereocenters. The lowest BCUT2D eigenvalue weighted by atomic mass is 10.0. The molecule has 0 aromatic carbocycles. The number of unbranched alkanes of at least 4 members (excludes halogenated alkanes) is 1. The van der Waals surface area contributed by atoms with Crippen LogP contribution in [-0.4, -0.2) is 136 Å². The summed E-state index contributed by atoms with van der Waals surface area (Å²) in [7, 11) is 5.67. The highest BCUT2D eigenvalue weighted by atomic mass is 16.6. The van der Waals surface area contributed by atoms with Crippen molar-refractivity contribution < 1.29 is 42.9 Å². The second kappa shape index (κ2) is 23.6. The first-order chi connectivity index (χ1) is 22.7. The van der Waals surface area contributed by atoms with E-state index >= 15 is 0 Å². The summed E-state index contributed by atoms with van der Waals surface area (Å²) >= 11 is 0. The van der Waals surface area contributed by atoms with E-state index in [1.54, 1.807) is 24.8 Å². The topological polar surface area (TPSA) is 127 Å². The largest absolute Gasteiger partial charge is 0.463 e. The van der Waals surface area contributed by atoms with Gasteiger partial charge in [0.05, 0.1) is 26.4 Å². The van der Waals surface area contributed by atoms with Crippen LogP contribution in [0.5, 0.6) is 0 Å². The van der Waals surface area contributed by atoms with Crippen molar-refractivity contribution in [2.45, 2.75) is 64.0 Å². The number of rotatable bonds is 20. The van der Waals surface area contributed by atoms with Gasteiger partial charge in [0.15, 0.2) is 0 Å². The Balaban J connectivity index is 1.76. The number of esters is 4. The third-order valence-corrected chi connectivity index (χ3v) is 7.76. The molecule has 0 bridgehead atoms. The molecular formula is C34H54N4O9. The monoisotopic (exact) mass is 662 g/mol. The van der Waals surface area contributed by atoms with Gasteiger partial charge in [0.25, 0.3) is 0 Å². The number of nitrogens with zero attached hydrogens (tertiary/aromatic N) is 4. The molecule has 2 aliphatic rings. The van der Waals surface area contributed by atoms with Gasteiger partial charge < -0.3 is 43.3 Å². The van der Waals surface area contributed by atoms with Gasteiger partial charge >= 0.3 is 23.9 Å². The molecule has 2 saturated heterocycles. The van der Waals surface area contributed by atoms with E-state index in [2.05, 4.69) is 23.9 Å². The summed E-state index contributed by atoms with van der Waals surface area (Å²) in [5, 5.41) is 0. The Bertz CT molecular complexity index is 1060. The van der Waals surface area contributed by atoms with Crippen molar-refractivity contribution in [3.05, 3.63) is 49.1 Å². The molecule has 0 spiro atoms. The van der Waals surface area contributed by atoms with E-state index in [9.17, 15) is 19.2 Å². The van der Waals surface area contributed by atoms with Gasteiger partial charge in [0.2, 0.25) is 0 Å². The van der Waals surface area contributed by atoms with Crippen LogP contribution in [0.4, 0.5) is 0 Å². The molecular weight excluding hydrogens is 608 g/mol. The van der Waals surface area contributed by atoms with E-state index in [1.807, 2.05) is 16.7 Å². The van der Waals surface area contributed by atoms with E-state index in [-0.39, 0.29) is 31.9 Å². The number of hydrogen-bond acceptors (Lipinski definition) is 13. The molecule has 264 valence electrons. The molecule has 0 atom stereocenters. The Kier molecular flexibility index (Phi) is 19.8. The van der Waals surface area contributed by atoms with E-state index < -0.39 is 23.9 Å². The van der Waals surface area contributed by atoms with Crippen molar-refractivity contribution in [1.29, 1.82) is 0 Å². The first-order valence-electron chi connectivity index (χ1n) is 16.5. The Morgan fingerprint density at radius 2 is 0.915 bits per heavy atom. The lowest BCUT2D eigenvalue weighted by Gasteiger charge is -2.34. The Morgan fingerprint density at radius 1 is 0.574 bits per heavy atom. The first kappa shape index (κ1) is 39.5. The maximum absolute atomic E-state index is 12.4. The molecule has 2 fully saturated rings. The van der Waals surface area contributed by atoms with Gasteiger partial charge in [-0.3, -0.25) is 0 Å². The zero-order valence-corrected chi connectivity index (χ0v) is 28.6. The fourth-order valence-electron chi connectivity index (χ4n) is 4.93. The summed E-state index contributed by atoms with van der Waals surface area (Å²) in [6, 6.07) is 0.293. The summed E-state index contributed by atoms with van der Waals surface area (Å²) in [6.45, 7) is 6.80. The predicted octanol–water partition coefficient (Wildman–Crippen LogP) is 2.84. The standard InChI is InChI=1S/C34H54N4O9/c1-5-24-44-31(39)12-20-37(29-8-16-35(2)17-9-29)21-13-32(40)45-25-6-7-26-46-33(41)14-22-38(30-10-18-36(3)19-11-30)23-15-34(42)47-28-27-43-4/h12-15,20-23,29-30H,5-11,16-19,24-28H2,1-4H3/b20-12+,21-13+,22-14+,23-15+. The zero-order chi connectivity index (χ0) is 34.3. The fourth-order valence-corrected chi connectivity index (χ4v) is 4.93. The van der Waals surface area contributed by atoms with Gasteiger partial charge in [-0.05, 0) is 85.2 Å².